The number of aromatic amines is 1. The van der Waals surface area contributed by atoms with Gasteiger partial charge in [-0.1, -0.05) is 36.7 Å². The number of nitrogens with one attached hydrogen (secondary N) is 2. The zero-order valence-corrected chi connectivity index (χ0v) is 20.0. The molecular formula is C22H25ClN4O5S. The number of aliphatic hydroxyl groups is 1. The molecule has 2 heterocycles. The van der Waals surface area contributed by atoms with Gasteiger partial charge >= 0.3 is 5.76 Å². The van der Waals surface area contributed by atoms with Gasteiger partial charge in [-0.3, -0.25) is 0 Å². The average molecular weight is 493 g/mol. The van der Waals surface area contributed by atoms with Crippen LogP contribution in [0, 0.1) is 0 Å². The van der Waals surface area contributed by atoms with E-state index in [9.17, 15) is 18.3 Å². The molecule has 0 saturated heterocycles. The van der Waals surface area contributed by atoms with Crippen molar-refractivity contribution >= 4 is 21.6 Å². The van der Waals surface area contributed by atoms with Crippen molar-refractivity contribution in [1.82, 2.24) is 19.9 Å². The minimum atomic E-state index is -4.21. The first-order valence-electron chi connectivity index (χ1n) is 10.5. The molecule has 9 nitrogen and oxygen atoms in total. The smallest absolute Gasteiger partial charge is 0.391 e. The van der Waals surface area contributed by atoms with E-state index in [1.54, 1.807) is 0 Å². The van der Waals surface area contributed by atoms with Gasteiger partial charge in [-0.05, 0) is 61.9 Å². The number of pyridine rings is 1. The summed E-state index contributed by atoms with van der Waals surface area (Å²) in [5.74, 6) is -1.27. The minimum absolute atomic E-state index is 0.0313. The van der Waals surface area contributed by atoms with Crippen molar-refractivity contribution in [1.29, 1.82) is 0 Å². The Morgan fingerprint density at radius 1 is 1.24 bits per heavy atom. The van der Waals surface area contributed by atoms with E-state index in [-0.39, 0.29) is 21.6 Å². The number of benzene rings is 1. The van der Waals surface area contributed by atoms with Gasteiger partial charge < -0.3 is 9.52 Å². The lowest BCUT2D eigenvalue weighted by Crippen LogP contribution is -2.33. The zero-order valence-electron chi connectivity index (χ0n) is 18.4. The zero-order chi connectivity index (χ0) is 24.0. The van der Waals surface area contributed by atoms with E-state index in [1.165, 1.54) is 37.1 Å². The predicted molar refractivity (Wildman–Crippen MR) is 122 cm³/mol. The molecule has 0 aliphatic heterocycles. The van der Waals surface area contributed by atoms with Crippen LogP contribution in [0.25, 0.3) is 0 Å². The molecule has 1 aliphatic carbocycles. The third-order valence-corrected chi connectivity index (χ3v) is 7.50. The maximum atomic E-state index is 13.3. The van der Waals surface area contributed by atoms with Crippen LogP contribution in [0.2, 0.25) is 5.02 Å². The fraction of sp³-hybridized carbons (Fsp3) is 0.409. The maximum absolute atomic E-state index is 13.3. The average Bonchev–Trinajstić information content (AvgIpc) is 3.39. The topological polar surface area (TPSA) is 138 Å². The second kappa shape index (κ2) is 8.68. The quantitative estimate of drug-likeness (QED) is 0.460. The summed E-state index contributed by atoms with van der Waals surface area (Å²) < 4.78 is 34.4. The molecule has 33 heavy (non-hydrogen) atoms. The summed E-state index contributed by atoms with van der Waals surface area (Å²) in [4.78, 5) is 15.8. The molecule has 0 saturated carbocycles. The van der Waals surface area contributed by atoms with Gasteiger partial charge in [0.2, 0.25) is 5.89 Å². The van der Waals surface area contributed by atoms with Crippen molar-refractivity contribution in [2.45, 2.75) is 62.6 Å². The van der Waals surface area contributed by atoms with Crippen molar-refractivity contribution in [3.8, 4) is 0 Å². The molecule has 0 fully saturated rings. The number of aromatic nitrogens is 3. The first kappa shape index (κ1) is 23.6. The Hall–Kier alpha value is -2.53. The summed E-state index contributed by atoms with van der Waals surface area (Å²) in [7, 11) is -4.21. The van der Waals surface area contributed by atoms with Crippen molar-refractivity contribution < 1.29 is 17.9 Å². The summed E-state index contributed by atoms with van der Waals surface area (Å²) in [6.45, 7) is 4.78. The molecule has 0 unspecified atom stereocenters. The number of aryl methyl sites for hydroxylation is 1. The number of hydrogen-bond donors (Lipinski definition) is 3. The molecule has 4 rings (SSSR count). The van der Waals surface area contributed by atoms with Gasteiger partial charge in [0.1, 0.15) is 11.6 Å². The van der Waals surface area contributed by atoms with Crippen molar-refractivity contribution in [2.24, 2.45) is 0 Å². The monoisotopic (exact) mass is 492 g/mol. The van der Waals surface area contributed by atoms with E-state index in [0.717, 1.165) is 24.8 Å². The highest BCUT2D eigenvalue weighted by atomic mass is 35.5. The van der Waals surface area contributed by atoms with Gasteiger partial charge in [-0.25, -0.2) is 23.3 Å². The van der Waals surface area contributed by atoms with Gasteiger partial charge in [-0.2, -0.15) is 4.72 Å². The molecule has 1 aromatic carbocycles. The van der Waals surface area contributed by atoms with Gasteiger partial charge in [0, 0.05) is 5.92 Å². The molecule has 0 bridgehead atoms. The summed E-state index contributed by atoms with van der Waals surface area (Å²) >= 11 is 6.12. The van der Waals surface area contributed by atoms with Crippen molar-refractivity contribution in [2.75, 3.05) is 0 Å². The Labute approximate surface area is 196 Å². The van der Waals surface area contributed by atoms with Gasteiger partial charge in [0.25, 0.3) is 10.0 Å². The van der Waals surface area contributed by atoms with E-state index in [1.807, 2.05) is 19.1 Å². The summed E-state index contributed by atoms with van der Waals surface area (Å²) in [5, 5.41) is 16.2. The van der Waals surface area contributed by atoms with E-state index in [0.29, 0.717) is 0 Å². The molecular weight excluding hydrogens is 468 g/mol. The maximum Gasteiger partial charge on any atom is 0.434 e. The van der Waals surface area contributed by atoms with Gasteiger partial charge in [0.05, 0.1) is 10.7 Å². The lowest BCUT2D eigenvalue weighted by Gasteiger charge is -2.25. The Kier molecular flexibility index (Phi) is 6.21. The molecule has 1 aliphatic rings. The first-order valence-corrected chi connectivity index (χ1v) is 12.4. The predicted octanol–water partition coefficient (Wildman–Crippen LogP) is 2.95. The van der Waals surface area contributed by atoms with E-state index >= 15 is 0 Å². The molecule has 3 aromatic rings. The molecule has 0 radical (unpaired) electrons. The fourth-order valence-corrected chi connectivity index (χ4v) is 5.78. The number of sulfonamides is 1. The van der Waals surface area contributed by atoms with Crippen molar-refractivity contribution in [3.63, 3.8) is 0 Å². The highest BCUT2D eigenvalue weighted by Crippen LogP contribution is 2.37. The number of H-pyrrole nitrogens is 1. The van der Waals surface area contributed by atoms with Crippen LogP contribution in [-0.4, -0.2) is 28.7 Å². The highest BCUT2D eigenvalue weighted by Gasteiger charge is 2.34. The van der Waals surface area contributed by atoms with Crippen LogP contribution in [0.5, 0.6) is 0 Å². The SMILES string of the molecule is C[C@H](c1cccc2c1CCC2)[C@H](NS(=O)(=O)c1ccc(Cl)c(C(C)(C)O)n1)c1n[nH]c(=O)o1. The normalized spacial score (nSPS) is 15.9. The summed E-state index contributed by atoms with van der Waals surface area (Å²) in [5.41, 5.74) is 1.96. The standard InChI is InChI=1S/C22H25ClN4O5S/c1-12(14-8-4-6-13-7-5-9-15(13)14)18(20-25-26-21(28)32-20)27-33(30,31)17-11-10-16(23)19(24-17)22(2,3)29/h4,6,8,10-12,18,27,29H,5,7,9H2,1-3H3,(H,26,28)/t12-,18+/m1/s1. The molecule has 2 aromatic heterocycles. The van der Waals surface area contributed by atoms with Crippen LogP contribution in [0.15, 0.2) is 44.6 Å². The molecule has 11 heteroatoms. The lowest BCUT2D eigenvalue weighted by atomic mass is 9.88. The Bertz CT molecular complexity index is 1340. The lowest BCUT2D eigenvalue weighted by molar-refractivity contribution is 0.0733. The second-order valence-corrected chi connectivity index (χ2v) is 10.8. The molecule has 3 N–H and O–H groups in total. The van der Waals surface area contributed by atoms with Crippen LogP contribution in [0.3, 0.4) is 0 Å². The van der Waals surface area contributed by atoms with Crippen LogP contribution in [-0.2, 0) is 28.5 Å². The largest absolute Gasteiger partial charge is 0.434 e. The highest BCUT2D eigenvalue weighted by molar-refractivity contribution is 7.89. The number of rotatable bonds is 7. The van der Waals surface area contributed by atoms with Crippen LogP contribution < -0.4 is 10.5 Å². The third-order valence-electron chi connectivity index (χ3n) is 5.85. The number of fused-ring (bicyclic) bond motifs is 1. The van der Waals surface area contributed by atoms with Gasteiger partial charge in [0.15, 0.2) is 5.03 Å². The Balaban J connectivity index is 1.76. The number of hydrogen-bond acceptors (Lipinski definition) is 7. The Morgan fingerprint density at radius 3 is 2.67 bits per heavy atom. The number of nitrogens with zero attached hydrogens (tertiary/aromatic N) is 2. The first-order chi connectivity index (χ1) is 15.5. The van der Waals surface area contributed by atoms with Crippen LogP contribution in [0.4, 0.5) is 0 Å². The van der Waals surface area contributed by atoms with Crippen LogP contribution >= 0.6 is 11.6 Å². The van der Waals surface area contributed by atoms with E-state index in [4.69, 9.17) is 16.0 Å². The van der Waals surface area contributed by atoms with Crippen molar-refractivity contribution in [3.05, 3.63) is 74.2 Å². The third kappa shape index (κ3) is 4.74. The van der Waals surface area contributed by atoms with Gasteiger partial charge in [-0.15, -0.1) is 5.10 Å². The minimum Gasteiger partial charge on any atom is -0.391 e. The molecule has 2 atom stereocenters. The Morgan fingerprint density at radius 2 is 2.00 bits per heavy atom. The second-order valence-electron chi connectivity index (χ2n) is 8.72. The van der Waals surface area contributed by atoms with E-state index in [2.05, 4.69) is 26.0 Å². The van der Waals surface area contributed by atoms with Crippen LogP contribution in [0.1, 0.15) is 67.4 Å². The molecule has 0 amide bonds. The molecule has 0 spiro atoms. The summed E-state index contributed by atoms with van der Waals surface area (Å²) in [6, 6.07) is 7.61. The molecule has 176 valence electrons. The number of halogens is 1. The summed E-state index contributed by atoms with van der Waals surface area (Å²) in [6.07, 6.45) is 2.90. The van der Waals surface area contributed by atoms with E-state index < -0.39 is 33.3 Å². The fourth-order valence-electron chi connectivity index (χ4n) is 4.23.